The van der Waals surface area contributed by atoms with Crippen LogP contribution in [0.1, 0.15) is 18.1 Å². The topological polar surface area (TPSA) is 60.4 Å². The molecule has 0 radical (unpaired) electrons. The van der Waals surface area contributed by atoms with Gasteiger partial charge in [0.05, 0.1) is 14.2 Å². The third-order valence-corrected chi connectivity index (χ3v) is 4.40. The Morgan fingerprint density at radius 3 is 2.32 bits per heavy atom. The number of rotatable bonds is 12. The van der Waals surface area contributed by atoms with E-state index in [1.807, 2.05) is 43.2 Å². The zero-order valence-electron chi connectivity index (χ0n) is 18.2. The quantitative estimate of drug-likeness (QED) is 0.537. The first-order valence-corrected chi connectivity index (χ1v) is 9.78. The van der Waals surface area contributed by atoms with E-state index in [0.717, 1.165) is 11.1 Å². The van der Waals surface area contributed by atoms with Crippen molar-refractivity contribution in [3.05, 3.63) is 53.6 Å². The van der Waals surface area contributed by atoms with Crippen molar-refractivity contribution >= 4 is 6.08 Å². The SMILES string of the molecule is C/C=C/c1ccc(OCC(O)CN(C)Cc2ccc(OC(F)F)c(OC)c2)c(OC)c1. The van der Waals surface area contributed by atoms with Crippen LogP contribution in [0.25, 0.3) is 6.08 Å². The number of likely N-dealkylation sites (N-methyl/N-ethyl adjacent to an activating group) is 1. The van der Waals surface area contributed by atoms with Crippen molar-refractivity contribution in [1.82, 2.24) is 4.90 Å². The molecule has 0 aliphatic heterocycles. The molecular formula is C23H29F2NO5. The summed E-state index contributed by atoms with van der Waals surface area (Å²) in [7, 11) is 4.80. The van der Waals surface area contributed by atoms with Gasteiger partial charge in [-0.25, -0.2) is 0 Å². The Labute approximate surface area is 181 Å². The zero-order valence-corrected chi connectivity index (χ0v) is 18.2. The number of halogens is 2. The van der Waals surface area contributed by atoms with Crippen molar-refractivity contribution in [3.8, 4) is 23.0 Å². The summed E-state index contributed by atoms with van der Waals surface area (Å²) >= 11 is 0. The van der Waals surface area contributed by atoms with Crippen LogP contribution in [0.15, 0.2) is 42.5 Å². The van der Waals surface area contributed by atoms with Gasteiger partial charge in [-0.15, -0.1) is 0 Å². The molecule has 2 aromatic rings. The second kappa shape index (κ2) is 12.1. The van der Waals surface area contributed by atoms with E-state index in [9.17, 15) is 13.9 Å². The monoisotopic (exact) mass is 437 g/mol. The van der Waals surface area contributed by atoms with Crippen LogP contribution in [0.2, 0.25) is 0 Å². The van der Waals surface area contributed by atoms with Crippen molar-refractivity contribution in [2.24, 2.45) is 0 Å². The second-order valence-electron chi connectivity index (χ2n) is 6.94. The number of ether oxygens (including phenoxy) is 4. The van der Waals surface area contributed by atoms with Gasteiger partial charge in [0.25, 0.3) is 0 Å². The van der Waals surface area contributed by atoms with Crippen LogP contribution in [0.5, 0.6) is 23.0 Å². The zero-order chi connectivity index (χ0) is 22.8. The number of hydrogen-bond acceptors (Lipinski definition) is 6. The molecule has 2 aromatic carbocycles. The van der Waals surface area contributed by atoms with E-state index in [1.165, 1.54) is 13.2 Å². The maximum Gasteiger partial charge on any atom is 0.387 e. The third-order valence-electron chi connectivity index (χ3n) is 4.40. The molecule has 31 heavy (non-hydrogen) atoms. The van der Waals surface area contributed by atoms with Gasteiger partial charge in [-0.3, -0.25) is 4.90 Å². The molecule has 0 spiro atoms. The molecule has 1 unspecified atom stereocenters. The third kappa shape index (κ3) is 7.73. The summed E-state index contributed by atoms with van der Waals surface area (Å²) in [5, 5.41) is 10.4. The minimum atomic E-state index is -2.92. The lowest BCUT2D eigenvalue weighted by atomic mass is 10.2. The maximum absolute atomic E-state index is 12.5. The molecule has 6 nitrogen and oxygen atoms in total. The highest BCUT2D eigenvalue weighted by molar-refractivity contribution is 5.55. The van der Waals surface area contributed by atoms with Crippen LogP contribution in [-0.4, -0.2) is 57.1 Å². The van der Waals surface area contributed by atoms with Gasteiger partial charge in [-0.1, -0.05) is 24.3 Å². The van der Waals surface area contributed by atoms with Crippen LogP contribution < -0.4 is 18.9 Å². The van der Waals surface area contributed by atoms with Crippen LogP contribution >= 0.6 is 0 Å². The Balaban J connectivity index is 1.91. The first-order valence-electron chi connectivity index (χ1n) is 9.78. The highest BCUT2D eigenvalue weighted by Gasteiger charge is 2.14. The van der Waals surface area contributed by atoms with Crippen molar-refractivity contribution < 1.29 is 32.8 Å². The van der Waals surface area contributed by atoms with Crippen LogP contribution in [-0.2, 0) is 6.54 Å². The number of aliphatic hydroxyl groups excluding tert-OH is 1. The van der Waals surface area contributed by atoms with Crippen molar-refractivity contribution in [3.63, 3.8) is 0 Å². The van der Waals surface area contributed by atoms with Crippen molar-refractivity contribution in [2.45, 2.75) is 26.2 Å². The molecule has 0 fully saturated rings. The molecule has 170 valence electrons. The van der Waals surface area contributed by atoms with Gasteiger partial charge in [0.15, 0.2) is 23.0 Å². The van der Waals surface area contributed by atoms with Crippen LogP contribution in [0, 0.1) is 0 Å². The molecule has 0 amide bonds. The van der Waals surface area contributed by atoms with E-state index < -0.39 is 12.7 Å². The van der Waals surface area contributed by atoms with Crippen molar-refractivity contribution in [2.75, 3.05) is 34.4 Å². The molecule has 8 heteroatoms. The first kappa shape index (κ1) is 24.4. The summed E-state index contributed by atoms with van der Waals surface area (Å²) in [6.45, 7) is -0.0737. The fourth-order valence-electron chi connectivity index (χ4n) is 3.08. The Bertz CT molecular complexity index is 860. The molecule has 0 bridgehead atoms. The van der Waals surface area contributed by atoms with E-state index in [2.05, 4.69) is 4.74 Å². The number of nitrogens with zero attached hydrogens (tertiary/aromatic N) is 1. The van der Waals surface area contributed by atoms with Gasteiger partial charge >= 0.3 is 6.61 Å². The van der Waals surface area contributed by atoms with Crippen LogP contribution in [0.3, 0.4) is 0 Å². The lowest BCUT2D eigenvalue weighted by molar-refractivity contribution is -0.0512. The lowest BCUT2D eigenvalue weighted by Crippen LogP contribution is -2.32. The van der Waals surface area contributed by atoms with Gasteiger partial charge < -0.3 is 24.1 Å². The van der Waals surface area contributed by atoms with E-state index in [4.69, 9.17) is 14.2 Å². The largest absolute Gasteiger partial charge is 0.493 e. The number of allylic oxidation sites excluding steroid dienone is 1. The number of alkyl halides is 2. The number of aliphatic hydroxyl groups is 1. The van der Waals surface area contributed by atoms with Crippen LogP contribution in [0.4, 0.5) is 8.78 Å². The smallest absolute Gasteiger partial charge is 0.387 e. The average molecular weight is 437 g/mol. The molecule has 0 aliphatic carbocycles. The summed E-state index contributed by atoms with van der Waals surface area (Å²) in [4.78, 5) is 1.89. The first-order chi connectivity index (χ1) is 14.9. The van der Waals surface area contributed by atoms with E-state index >= 15 is 0 Å². The summed E-state index contributed by atoms with van der Waals surface area (Å²) in [5.74, 6) is 1.35. The lowest BCUT2D eigenvalue weighted by Gasteiger charge is -2.22. The minimum Gasteiger partial charge on any atom is -0.493 e. The number of hydrogen-bond donors (Lipinski definition) is 1. The molecule has 0 aromatic heterocycles. The summed E-state index contributed by atoms with van der Waals surface area (Å²) in [6.07, 6.45) is 3.15. The standard InChI is InChI=1S/C23H29F2NO5/c1-5-6-16-7-9-19(21(11-16)28-3)30-15-18(27)14-26(2)13-17-8-10-20(31-23(24)25)22(12-17)29-4/h5-12,18,23,27H,13-15H2,1-4H3/b6-5+. The minimum absolute atomic E-state index is 0.0215. The Morgan fingerprint density at radius 2 is 1.68 bits per heavy atom. The second-order valence-corrected chi connectivity index (χ2v) is 6.94. The normalized spacial score (nSPS) is 12.4. The van der Waals surface area contributed by atoms with E-state index in [0.29, 0.717) is 24.6 Å². The molecular weight excluding hydrogens is 408 g/mol. The predicted molar refractivity (Wildman–Crippen MR) is 115 cm³/mol. The maximum atomic E-state index is 12.5. The Kier molecular flexibility index (Phi) is 9.55. The van der Waals surface area contributed by atoms with Gasteiger partial charge in [0, 0.05) is 13.1 Å². The summed E-state index contributed by atoms with van der Waals surface area (Å²) in [6, 6.07) is 10.3. The molecule has 1 atom stereocenters. The highest BCUT2D eigenvalue weighted by Crippen LogP contribution is 2.30. The highest BCUT2D eigenvalue weighted by atomic mass is 19.3. The molecule has 1 N–H and O–H groups in total. The number of methoxy groups -OCH3 is 2. The Hall–Kier alpha value is -2.84. The molecule has 2 rings (SSSR count). The molecule has 0 heterocycles. The van der Waals surface area contributed by atoms with E-state index in [-0.39, 0.29) is 18.1 Å². The van der Waals surface area contributed by atoms with Gasteiger partial charge in [-0.2, -0.15) is 8.78 Å². The number of benzene rings is 2. The van der Waals surface area contributed by atoms with E-state index in [1.54, 1.807) is 25.3 Å². The van der Waals surface area contributed by atoms with Crippen molar-refractivity contribution in [1.29, 1.82) is 0 Å². The molecule has 0 saturated heterocycles. The predicted octanol–water partition coefficient (Wildman–Crippen LogP) is 4.21. The van der Waals surface area contributed by atoms with Gasteiger partial charge in [0.2, 0.25) is 0 Å². The summed E-state index contributed by atoms with van der Waals surface area (Å²) < 4.78 is 45.5. The fraction of sp³-hybridized carbons (Fsp3) is 0.391. The average Bonchev–Trinajstić information content (AvgIpc) is 2.73. The summed E-state index contributed by atoms with van der Waals surface area (Å²) in [5.41, 5.74) is 1.82. The Morgan fingerprint density at radius 1 is 1.00 bits per heavy atom. The van der Waals surface area contributed by atoms with Gasteiger partial charge in [-0.05, 0) is 49.4 Å². The molecule has 0 aliphatic rings. The fourth-order valence-corrected chi connectivity index (χ4v) is 3.08. The molecule has 0 saturated carbocycles. The van der Waals surface area contributed by atoms with Gasteiger partial charge in [0.1, 0.15) is 12.7 Å².